The Bertz CT molecular complexity index is 688. The van der Waals surface area contributed by atoms with Crippen LogP contribution in [-0.4, -0.2) is 21.1 Å². The summed E-state index contributed by atoms with van der Waals surface area (Å²) in [4.78, 5) is 8.37. The van der Waals surface area contributed by atoms with Gasteiger partial charge in [-0.15, -0.1) is 0 Å². The SMILES string of the molecule is Cc1ccc(-c2nccn2CCCOc2cccnc2)o1. The van der Waals surface area contributed by atoms with E-state index in [0.717, 1.165) is 36.1 Å². The van der Waals surface area contributed by atoms with Gasteiger partial charge in [-0.3, -0.25) is 4.98 Å². The van der Waals surface area contributed by atoms with Gasteiger partial charge < -0.3 is 13.7 Å². The average Bonchev–Trinajstić information content (AvgIpc) is 3.13. The van der Waals surface area contributed by atoms with Crippen LogP contribution >= 0.6 is 0 Å². The van der Waals surface area contributed by atoms with E-state index in [-0.39, 0.29) is 0 Å². The maximum Gasteiger partial charge on any atom is 0.176 e. The van der Waals surface area contributed by atoms with Gasteiger partial charge >= 0.3 is 0 Å². The maximum atomic E-state index is 5.63. The van der Waals surface area contributed by atoms with Gasteiger partial charge in [-0.05, 0) is 37.6 Å². The third-order valence-electron chi connectivity index (χ3n) is 3.12. The predicted molar refractivity (Wildman–Crippen MR) is 79.0 cm³/mol. The van der Waals surface area contributed by atoms with E-state index in [4.69, 9.17) is 9.15 Å². The van der Waals surface area contributed by atoms with Crippen LogP contribution in [0.2, 0.25) is 0 Å². The molecule has 0 unspecified atom stereocenters. The van der Waals surface area contributed by atoms with Gasteiger partial charge in [-0.1, -0.05) is 0 Å². The first-order valence-corrected chi connectivity index (χ1v) is 6.94. The van der Waals surface area contributed by atoms with Gasteiger partial charge in [0, 0.05) is 25.1 Å². The van der Waals surface area contributed by atoms with Gasteiger partial charge in [-0.2, -0.15) is 0 Å². The van der Waals surface area contributed by atoms with Crippen LogP contribution in [0.3, 0.4) is 0 Å². The maximum absolute atomic E-state index is 5.63. The molecule has 0 fully saturated rings. The first-order chi connectivity index (χ1) is 10.3. The number of imidazole rings is 1. The van der Waals surface area contributed by atoms with Crippen molar-refractivity contribution in [2.45, 2.75) is 19.9 Å². The van der Waals surface area contributed by atoms with Gasteiger partial charge in [0.2, 0.25) is 0 Å². The Morgan fingerprint density at radius 2 is 2.19 bits per heavy atom. The quantitative estimate of drug-likeness (QED) is 0.651. The van der Waals surface area contributed by atoms with E-state index in [0.29, 0.717) is 6.61 Å². The summed E-state index contributed by atoms with van der Waals surface area (Å²) in [6, 6.07) is 7.66. The van der Waals surface area contributed by atoms with E-state index in [1.165, 1.54) is 0 Å². The first-order valence-electron chi connectivity index (χ1n) is 6.94. The number of aromatic nitrogens is 3. The molecule has 5 nitrogen and oxygen atoms in total. The molecule has 0 spiro atoms. The fourth-order valence-electron chi connectivity index (χ4n) is 2.13. The number of aryl methyl sites for hydroxylation is 2. The van der Waals surface area contributed by atoms with Crippen LogP contribution in [0.25, 0.3) is 11.6 Å². The lowest BCUT2D eigenvalue weighted by atomic mass is 10.4. The molecule has 0 N–H and O–H groups in total. The highest BCUT2D eigenvalue weighted by Gasteiger charge is 2.09. The summed E-state index contributed by atoms with van der Waals surface area (Å²) in [6.07, 6.45) is 8.08. The standard InChI is InChI=1S/C16H17N3O2/c1-13-5-6-15(21-13)16-18-8-10-19(16)9-3-11-20-14-4-2-7-17-12-14/h2,4-8,10,12H,3,9,11H2,1H3. The van der Waals surface area contributed by atoms with Crippen LogP contribution in [0, 0.1) is 6.92 Å². The molecule has 3 heterocycles. The van der Waals surface area contributed by atoms with E-state index >= 15 is 0 Å². The molecule has 3 aromatic heterocycles. The largest absolute Gasteiger partial charge is 0.492 e. The highest BCUT2D eigenvalue weighted by Crippen LogP contribution is 2.20. The number of ether oxygens (including phenoxy) is 1. The fraction of sp³-hybridized carbons (Fsp3) is 0.250. The molecule has 21 heavy (non-hydrogen) atoms. The summed E-state index contributed by atoms with van der Waals surface area (Å²) in [5.41, 5.74) is 0. The number of nitrogens with zero attached hydrogens (tertiary/aromatic N) is 3. The Hall–Kier alpha value is -2.56. The zero-order valence-corrected chi connectivity index (χ0v) is 11.9. The smallest absolute Gasteiger partial charge is 0.176 e. The second-order valence-electron chi connectivity index (χ2n) is 4.75. The third kappa shape index (κ3) is 3.31. The molecule has 3 aromatic rings. The van der Waals surface area contributed by atoms with Crippen LogP contribution in [0.4, 0.5) is 0 Å². The van der Waals surface area contributed by atoms with Crippen molar-refractivity contribution in [2.75, 3.05) is 6.61 Å². The van der Waals surface area contributed by atoms with E-state index in [1.807, 2.05) is 37.4 Å². The van der Waals surface area contributed by atoms with Crippen LogP contribution in [-0.2, 0) is 6.54 Å². The molecule has 0 aliphatic rings. The van der Waals surface area contributed by atoms with E-state index in [9.17, 15) is 0 Å². The number of hydrogen-bond acceptors (Lipinski definition) is 4. The van der Waals surface area contributed by atoms with Gasteiger partial charge in [0.1, 0.15) is 11.5 Å². The first kappa shape index (κ1) is 13.4. The van der Waals surface area contributed by atoms with Gasteiger partial charge in [-0.25, -0.2) is 4.98 Å². The van der Waals surface area contributed by atoms with Crippen molar-refractivity contribution < 1.29 is 9.15 Å². The molecule has 0 bridgehead atoms. The molecular weight excluding hydrogens is 266 g/mol. The van der Waals surface area contributed by atoms with Crippen LogP contribution < -0.4 is 4.74 Å². The van der Waals surface area contributed by atoms with Crippen LogP contribution in [0.1, 0.15) is 12.2 Å². The summed E-state index contributed by atoms with van der Waals surface area (Å²) in [5, 5.41) is 0. The van der Waals surface area contributed by atoms with Crippen molar-refractivity contribution in [1.82, 2.24) is 14.5 Å². The summed E-state index contributed by atoms with van der Waals surface area (Å²) in [6.45, 7) is 3.40. The minimum Gasteiger partial charge on any atom is -0.492 e. The molecule has 0 aromatic carbocycles. The molecule has 0 radical (unpaired) electrons. The number of hydrogen-bond donors (Lipinski definition) is 0. The van der Waals surface area contributed by atoms with Crippen molar-refractivity contribution >= 4 is 0 Å². The topological polar surface area (TPSA) is 53.1 Å². The summed E-state index contributed by atoms with van der Waals surface area (Å²) >= 11 is 0. The van der Waals surface area contributed by atoms with E-state index < -0.39 is 0 Å². The van der Waals surface area contributed by atoms with Crippen molar-refractivity contribution in [1.29, 1.82) is 0 Å². The number of rotatable bonds is 6. The highest BCUT2D eigenvalue weighted by atomic mass is 16.5. The van der Waals surface area contributed by atoms with Gasteiger partial charge in [0.25, 0.3) is 0 Å². The number of pyridine rings is 1. The molecule has 0 aliphatic heterocycles. The lowest BCUT2D eigenvalue weighted by molar-refractivity contribution is 0.301. The highest BCUT2D eigenvalue weighted by molar-refractivity contribution is 5.47. The molecule has 0 saturated heterocycles. The molecular formula is C16H17N3O2. The van der Waals surface area contributed by atoms with Gasteiger partial charge in [0.05, 0.1) is 12.8 Å². The third-order valence-corrected chi connectivity index (χ3v) is 3.12. The predicted octanol–water partition coefficient (Wildman–Crippen LogP) is 3.32. The average molecular weight is 283 g/mol. The Morgan fingerprint density at radius 3 is 2.95 bits per heavy atom. The molecule has 0 amide bonds. The minimum absolute atomic E-state index is 0.639. The second kappa shape index (κ2) is 6.26. The monoisotopic (exact) mass is 283 g/mol. The van der Waals surface area contributed by atoms with Crippen molar-refractivity contribution in [3.05, 3.63) is 54.8 Å². The Labute approximate surface area is 123 Å². The molecule has 0 atom stereocenters. The Morgan fingerprint density at radius 1 is 1.24 bits per heavy atom. The van der Waals surface area contributed by atoms with E-state index in [1.54, 1.807) is 18.6 Å². The molecule has 108 valence electrons. The fourth-order valence-corrected chi connectivity index (χ4v) is 2.13. The summed E-state index contributed by atoms with van der Waals surface area (Å²) < 4.78 is 13.3. The molecule has 3 rings (SSSR count). The number of furan rings is 1. The Balaban J connectivity index is 1.56. The van der Waals surface area contributed by atoms with Crippen LogP contribution in [0.15, 0.2) is 53.5 Å². The van der Waals surface area contributed by atoms with Crippen molar-refractivity contribution in [3.63, 3.8) is 0 Å². The van der Waals surface area contributed by atoms with Crippen molar-refractivity contribution in [3.8, 4) is 17.3 Å². The second-order valence-corrected chi connectivity index (χ2v) is 4.75. The molecule has 0 saturated carbocycles. The molecule has 0 aliphatic carbocycles. The van der Waals surface area contributed by atoms with E-state index in [2.05, 4.69) is 14.5 Å². The van der Waals surface area contributed by atoms with Crippen LogP contribution in [0.5, 0.6) is 5.75 Å². The summed E-state index contributed by atoms with van der Waals surface area (Å²) in [7, 11) is 0. The lowest BCUT2D eigenvalue weighted by Gasteiger charge is -2.08. The van der Waals surface area contributed by atoms with Crippen molar-refractivity contribution in [2.24, 2.45) is 0 Å². The zero-order valence-electron chi connectivity index (χ0n) is 11.9. The van der Waals surface area contributed by atoms with Gasteiger partial charge in [0.15, 0.2) is 11.6 Å². The molecule has 5 heteroatoms. The lowest BCUT2D eigenvalue weighted by Crippen LogP contribution is -2.05. The normalized spacial score (nSPS) is 10.7. The Kier molecular flexibility index (Phi) is 4.00. The minimum atomic E-state index is 0.639. The zero-order chi connectivity index (χ0) is 14.5. The summed E-state index contributed by atoms with van der Waals surface area (Å²) in [5.74, 6) is 3.33.